The first-order chi connectivity index (χ1) is 17.8. The van der Waals surface area contributed by atoms with Crippen LogP contribution < -0.4 is 15.8 Å². The second-order valence-corrected chi connectivity index (χ2v) is 8.33. The first-order valence-corrected chi connectivity index (χ1v) is 11.5. The quantitative estimate of drug-likeness (QED) is 0.294. The lowest BCUT2D eigenvalue weighted by atomic mass is 10.1. The highest BCUT2D eigenvalue weighted by atomic mass is 19.4. The first-order valence-electron chi connectivity index (χ1n) is 11.5. The molecule has 0 aliphatic rings. The number of benzene rings is 3. The van der Waals surface area contributed by atoms with E-state index in [9.17, 15) is 13.2 Å². The van der Waals surface area contributed by atoms with Crippen molar-refractivity contribution in [2.45, 2.75) is 12.6 Å². The number of nitrogens with zero attached hydrogens (tertiary/aromatic N) is 4. The predicted molar refractivity (Wildman–Crippen MR) is 137 cm³/mol. The summed E-state index contributed by atoms with van der Waals surface area (Å²) in [7, 11) is 1.63. The number of anilines is 2. The minimum atomic E-state index is -4.43. The number of hydrogen-bond donors (Lipinski definition) is 2. The van der Waals surface area contributed by atoms with E-state index in [1.54, 1.807) is 7.11 Å². The van der Waals surface area contributed by atoms with Crippen LogP contribution >= 0.6 is 0 Å². The van der Waals surface area contributed by atoms with Crippen LogP contribution in [0, 0.1) is 0 Å². The highest BCUT2D eigenvalue weighted by Crippen LogP contribution is 2.34. The summed E-state index contributed by atoms with van der Waals surface area (Å²) < 4.78 is 45.6. The SMILES string of the molecule is COc1ccc(CCNc2nc(-c3ccccc3)c3c(N)n(-c4ccc(C(F)(F)F)cc4)nc3n2)cc1. The van der Waals surface area contributed by atoms with E-state index in [-0.39, 0.29) is 5.82 Å². The first kappa shape index (κ1) is 24.1. The normalized spacial score (nSPS) is 11.6. The number of nitrogens with two attached hydrogens (primary N) is 1. The maximum atomic E-state index is 13.0. The van der Waals surface area contributed by atoms with Gasteiger partial charge >= 0.3 is 6.18 Å². The van der Waals surface area contributed by atoms with Gasteiger partial charge in [-0.1, -0.05) is 42.5 Å². The topological polar surface area (TPSA) is 90.9 Å². The largest absolute Gasteiger partial charge is 0.497 e. The Kier molecular flexibility index (Phi) is 6.39. The van der Waals surface area contributed by atoms with Crippen molar-refractivity contribution in [3.63, 3.8) is 0 Å². The van der Waals surface area contributed by atoms with Crippen molar-refractivity contribution in [1.82, 2.24) is 19.7 Å². The van der Waals surface area contributed by atoms with E-state index >= 15 is 0 Å². The van der Waals surface area contributed by atoms with E-state index in [1.165, 1.54) is 16.8 Å². The van der Waals surface area contributed by atoms with Gasteiger partial charge in [0.05, 0.1) is 29.4 Å². The predicted octanol–water partition coefficient (Wildman–Crippen LogP) is 5.75. The number of alkyl halides is 3. The molecule has 0 unspecified atom stereocenters. The van der Waals surface area contributed by atoms with E-state index in [4.69, 9.17) is 15.5 Å². The van der Waals surface area contributed by atoms with Gasteiger partial charge in [-0.15, -0.1) is 5.10 Å². The van der Waals surface area contributed by atoms with Gasteiger partial charge in [-0.25, -0.2) is 9.67 Å². The maximum absolute atomic E-state index is 13.0. The maximum Gasteiger partial charge on any atom is 0.416 e. The Bertz CT molecular complexity index is 1520. The number of halogens is 3. The Labute approximate surface area is 210 Å². The molecule has 7 nitrogen and oxygen atoms in total. The molecule has 188 valence electrons. The molecule has 0 radical (unpaired) electrons. The van der Waals surface area contributed by atoms with E-state index in [1.807, 2.05) is 54.6 Å². The van der Waals surface area contributed by atoms with Crippen LogP contribution in [0.5, 0.6) is 5.75 Å². The lowest BCUT2D eigenvalue weighted by Crippen LogP contribution is -2.09. The molecule has 0 fully saturated rings. The Balaban J connectivity index is 1.50. The third-order valence-corrected chi connectivity index (χ3v) is 5.91. The van der Waals surface area contributed by atoms with Gasteiger partial charge in [0.1, 0.15) is 11.6 Å². The molecule has 0 atom stereocenters. The molecular weight excluding hydrogens is 481 g/mol. The number of ether oxygens (including phenoxy) is 1. The molecule has 0 bridgehead atoms. The fraction of sp³-hybridized carbons (Fsp3) is 0.148. The molecule has 0 saturated heterocycles. The smallest absolute Gasteiger partial charge is 0.416 e. The van der Waals surface area contributed by atoms with Crippen LogP contribution in [0.1, 0.15) is 11.1 Å². The Hall–Kier alpha value is -4.60. The van der Waals surface area contributed by atoms with Crippen molar-refractivity contribution in [3.8, 4) is 22.7 Å². The third kappa shape index (κ3) is 5.04. The summed E-state index contributed by atoms with van der Waals surface area (Å²) in [6.07, 6.45) is -3.70. The van der Waals surface area contributed by atoms with E-state index in [2.05, 4.69) is 15.4 Å². The van der Waals surface area contributed by atoms with Gasteiger partial charge in [-0.05, 0) is 48.4 Å². The number of rotatable bonds is 7. The van der Waals surface area contributed by atoms with Gasteiger partial charge in [0.25, 0.3) is 0 Å². The molecule has 2 aromatic heterocycles. The molecule has 0 spiro atoms. The summed E-state index contributed by atoms with van der Waals surface area (Å²) in [5.74, 6) is 1.40. The summed E-state index contributed by atoms with van der Waals surface area (Å²) in [6, 6.07) is 21.9. The zero-order chi connectivity index (χ0) is 26.0. The zero-order valence-electron chi connectivity index (χ0n) is 19.8. The molecule has 37 heavy (non-hydrogen) atoms. The molecule has 5 rings (SSSR count). The summed E-state index contributed by atoms with van der Waals surface area (Å²) >= 11 is 0. The van der Waals surface area contributed by atoms with Crippen LogP contribution in [0.4, 0.5) is 24.9 Å². The minimum absolute atomic E-state index is 0.235. The fourth-order valence-electron chi connectivity index (χ4n) is 3.99. The summed E-state index contributed by atoms with van der Waals surface area (Å²) in [4.78, 5) is 9.27. The third-order valence-electron chi connectivity index (χ3n) is 5.91. The summed E-state index contributed by atoms with van der Waals surface area (Å²) in [5, 5.41) is 8.28. The van der Waals surface area contributed by atoms with Gasteiger partial charge in [0.2, 0.25) is 5.95 Å². The number of nitrogen functional groups attached to an aromatic ring is 1. The van der Waals surface area contributed by atoms with Crippen LogP contribution in [-0.4, -0.2) is 33.4 Å². The van der Waals surface area contributed by atoms with Crippen LogP contribution in [0.2, 0.25) is 0 Å². The molecule has 0 amide bonds. The zero-order valence-corrected chi connectivity index (χ0v) is 19.8. The average Bonchev–Trinajstić information content (AvgIpc) is 3.25. The van der Waals surface area contributed by atoms with Crippen LogP contribution in [0.3, 0.4) is 0 Å². The monoisotopic (exact) mass is 504 g/mol. The highest BCUT2D eigenvalue weighted by Gasteiger charge is 2.30. The van der Waals surface area contributed by atoms with E-state index < -0.39 is 11.7 Å². The molecule has 0 aliphatic carbocycles. The fourth-order valence-corrected chi connectivity index (χ4v) is 3.99. The molecular formula is C27H23F3N6O. The van der Waals surface area contributed by atoms with Gasteiger partial charge in [0.15, 0.2) is 5.65 Å². The molecule has 0 aliphatic heterocycles. The van der Waals surface area contributed by atoms with Crippen molar-refractivity contribution < 1.29 is 17.9 Å². The van der Waals surface area contributed by atoms with Gasteiger partial charge in [-0.3, -0.25) is 0 Å². The number of aromatic nitrogens is 4. The van der Waals surface area contributed by atoms with Crippen molar-refractivity contribution in [3.05, 3.63) is 90.0 Å². The standard InChI is InChI=1S/C27H23F3N6O/c1-37-21-13-7-17(8-14-21)15-16-32-26-33-23(18-5-3-2-4-6-18)22-24(31)36(35-25(22)34-26)20-11-9-19(10-12-20)27(28,29)30/h2-14H,15-16,31H2,1H3,(H,32,34,35). The molecule has 0 saturated carbocycles. The molecule has 5 aromatic rings. The molecule has 3 N–H and O–H groups in total. The second kappa shape index (κ2) is 9.81. The van der Waals surface area contributed by atoms with Gasteiger partial charge in [0, 0.05) is 12.1 Å². The lowest BCUT2D eigenvalue weighted by Gasteiger charge is -2.09. The molecule has 2 heterocycles. The number of fused-ring (bicyclic) bond motifs is 1. The molecule has 10 heteroatoms. The van der Waals surface area contributed by atoms with Crippen molar-refractivity contribution in [2.75, 3.05) is 24.7 Å². The summed E-state index contributed by atoms with van der Waals surface area (Å²) in [5.41, 5.74) is 8.93. The number of methoxy groups -OCH3 is 1. The summed E-state index contributed by atoms with van der Waals surface area (Å²) in [6.45, 7) is 0.571. The number of hydrogen-bond acceptors (Lipinski definition) is 6. The van der Waals surface area contributed by atoms with Crippen molar-refractivity contribution >= 4 is 22.8 Å². The van der Waals surface area contributed by atoms with Crippen LogP contribution in [-0.2, 0) is 12.6 Å². The van der Waals surface area contributed by atoms with Crippen molar-refractivity contribution in [2.24, 2.45) is 0 Å². The van der Waals surface area contributed by atoms with E-state index in [0.717, 1.165) is 35.4 Å². The molecule has 3 aromatic carbocycles. The Morgan fingerprint density at radius 2 is 1.62 bits per heavy atom. The van der Waals surface area contributed by atoms with Gasteiger partial charge in [-0.2, -0.15) is 18.2 Å². The highest BCUT2D eigenvalue weighted by molar-refractivity contribution is 5.99. The Morgan fingerprint density at radius 3 is 2.27 bits per heavy atom. The van der Waals surface area contributed by atoms with E-state index in [0.29, 0.717) is 34.9 Å². The average molecular weight is 505 g/mol. The van der Waals surface area contributed by atoms with Gasteiger partial charge < -0.3 is 15.8 Å². The van der Waals surface area contributed by atoms with Crippen LogP contribution in [0.25, 0.3) is 28.0 Å². The Morgan fingerprint density at radius 1 is 0.919 bits per heavy atom. The second-order valence-electron chi connectivity index (χ2n) is 8.33. The van der Waals surface area contributed by atoms with Crippen LogP contribution in [0.15, 0.2) is 78.9 Å². The lowest BCUT2D eigenvalue weighted by molar-refractivity contribution is -0.137. The number of nitrogens with one attached hydrogen (secondary N) is 1. The van der Waals surface area contributed by atoms with Crippen molar-refractivity contribution in [1.29, 1.82) is 0 Å². The minimum Gasteiger partial charge on any atom is -0.497 e.